The van der Waals surface area contributed by atoms with Crippen molar-refractivity contribution in [1.82, 2.24) is 10.6 Å². The first-order valence-electron chi connectivity index (χ1n) is 8.16. The van der Waals surface area contributed by atoms with Crippen LogP contribution in [0.3, 0.4) is 0 Å². The van der Waals surface area contributed by atoms with Gasteiger partial charge in [-0.3, -0.25) is 4.79 Å². The maximum atomic E-state index is 12.8. The van der Waals surface area contributed by atoms with Crippen LogP contribution in [-0.4, -0.2) is 19.0 Å². The molecule has 0 bridgehead atoms. The molecule has 21 heavy (non-hydrogen) atoms. The Labute approximate surface area is 128 Å². The first-order chi connectivity index (χ1) is 10.1. The van der Waals surface area contributed by atoms with E-state index in [0.29, 0.717) is 0 Å². The largest absolute Gasteiger partial charge is 0.349 e. The van der Waals surface area contributed by atoms with Crippen LogP contribution in [0.4, 0.5) is 0 Å². The van der Waals surface area contributed by atoms with Crippen LogP contribution < -0.4 is 10.6 Å². The predicted molar refractivity (Wildman–Crippen MR) is 87.2 cm³/mol. The van der Waals surface area contributed by atoms with Gasteiger partial charge in [-0.05, 0) is 51.8 Å². The Kier molecular flexibility index (Phi) is 5.40. The van der Waals surface area contributed by atoms with E-state index in [0.717, 1.165) is 38.8 Å². The summed E-state index contributed by atoms with van der Waals surface area (Å²) in [7, 11) is 0. The lowest BCUT2D eigenvalue weighted by atomic mass is 9.74. The zero-order chi connectivity index (χ0) is 15.3. The molecule has 3 nitrogen and oxygen atoms in total. The van der Waals surface area contributed by atoms with E-state index in [1.54, 1.807) is 0 Å². The number of hydrogen-bond donors (Lipinski definition) is 2. The third-order valence-electron chi connectivity index (χ3n) is 4.70. The van der Waals surface area contributed by atoms with Crippen molar-refractivity contribution in [3.05, 3.63) is 35.4 Å². The molecule has 1 atom stereocenters. The van der Waals surface area contributed by atoms with Gasteiger partial charge in [0.25, 0.3) is 0 Å². The molecule has 0 aliphatic carbocycles. The quantitative estimate of drug-likeness (QED) is 0.872. The Hall–Kier alpha value is -1.35. The summed E-state index contributed by atoms with van der Waals surface area (Å²) in [5.41, 5.74) is 2.26. The minimum absolute atomic E-state index is 0.0710. The van der Waals surface area contributed by atoms with Crippen molar-refractivity contribution in [2.45, 2.75) is 52.5 Å². The van der Waals surface area contributed by atoms with Gasteiger partial charge in [-0.1, -0.05) is 43.2 Å². The number of hydrogen-bond acceptors (Lipinski definition) is 2. The molecule has 116 valence electrons. The van der Waals surface area contributed by atoms with Gasteiger partial charge in [0, 0.05) is 0 Å². The number of nitrogens with one attached hydrogen (secondary N) is 2. The molecule has 1 saturated heterocycles. The summed E-state index contributed by atoms with van der Waals surface area (Å²) in [4.78, 5) is 12.8. The number of carbonyl (C=O) groups excluding carboxylic acids is 1. The molecule has 3 heteroatoms. The summed E-state index contributed by atoms with van der Waals surface area (Å²) < 4.78 is 0. The molecule has 2 rings (SSSR count). The van der Waals surface area contributed by atoms with Crippen LogP contribution in [0.2, 0.25) is 0 Å². The SMILES string of the molecule is CCCC1(C(=O)NC(C)c2ccc(C)cc2)CCNCC1. The average molecular weight is 288 g/mol. The first-order valence-corrected chi connectivity index (χ1v) is 8.16. The van der Waals surface area contributed by atoms with Crippen LogP contribution in [0.1, 0.15) is 56.7 Å². The third kappa shape index (κ3) is 3.85. The molecule has 0 radical (unpaired) electrons. The molecule has 1 aliphatic rings. The van der Waals surface area contributed by atoms with Gasteiger partial charge in [-0.2, -0.15) is 0 Å². The highest BCUT2D eigenvalue weighted by atomic mass is 16.2. The maximum Gasteiger partial charge on any atom is 0.226 e. The Balaban J connectivity index is 2.05. The molecule has 2 N–H and O–H groups in total. The topological polar surface area (TPSA) is 41.1 Å². The van der Waals surface area contributed by atoms with Gasteiger partial charge in [0.1, 0.15) is 0 Å². The van der Waals surface area contributed by atoms with E-state index in [-0.39, 0.29) is 17.4 Å². The highest BCUT2D eigenvalue weighted by molar-refractivity contribution is 5.83. The van der Waals surface area contributed by atoms with Crippen LogP contribution >= 0.6 is 0 Å². The van der Waals surface area contributed by atoms with Gasteiger partial charge in [0.05, 0.1) is 11.5 Å². The zero-order valence-electron chi connectivity index (χ0n) is 13.5. The number of piperidine rings is 1. The predicted octanol–water partition coefficient (Wildman–Crippen LogP) is 3.34. The van der Waals surface area contributed by atoms with Crippen molar-refractivity contribution in [3.8, 4) is 0 Å². The van der Waals surface area contributed by atoms with Crippen molar-refractivity contribution in [1.29, 1.82) is 0 Å². The molecule has 0 saturated carbocycles. The van der Waals surface area contributed by atoms with Crippen LogP contribution in [-0.2, 0) is 4.79 Å². The summed E-state index contributed by atoms with van der Waals surface area (Å²) >= 11 is 0. The lowest BCUT2D eigenvalue weighted by Crippen LogP contribution is -2.48. The van der Waals surface area contributed by atoms with E-state index in [2.05, 4.69) is 55.7 Å². The number of amides is 1. The van der Waals surface area contributed by atoms with Crippen molar-refractivity contribution >= 4 is 5.91 Å². The Bertz CT molecular complexity index is 455. The van der Waals surface area contributed by atoms with Gasteiger partial charge < -0.3 is 10.6 Å². The van der Waals surface area contributed by atoms with Crippen molar-refractivity contribution in [2.75, 3.05) is 13.1 Å². The minimum atomic E-state index is -0.168. The summed E-state index contributed by atoms with van der Waals surface area (Å²) in [5.74, 6) is 0.235. The van der Waals surface area contributed by atoms with Crippen LogP contribution in [0, 0.1) is 12.3 Å². The van der Waals surface area contributed by atoms with Gasteiger partial charge in [0.15, 0.2) is 0 Å². The summed E-state index contributed by atoms with van der Waals surface area (Å²) in [6.45, 7) is 8.22. The second-order valence-electron chi connectivity index (χ2n) is 6.39. The molecule has 1 unspecified atom stereocenters. The normalized spacial score (nSPS) is 19.0. The van der Waals surface area contributed by atoms with E-state index in [1.807, 2.05) is 0 Å². The Morgan fingerprint density at radius 1 is 1.29 bits per heavy atom. The average Bonchev–Trinajstić information content (AvgIpc) is 2.49. The molecular weight excluding hydrogens is 260 g/mol. The van der Waals surface area contributed by atoms with E-state index >= 15 is 0 Å². The lowest BCUT2D eigenvalue weighted by molar-refractivity contribution is -0.133. The number of rotatable bonds is 5. The van der Waals surface area contributed by atoms with E-state index in [1.165, 1.54) is 11.1 Å². The molecule has 1 heterocycles. The standard InChI is InChI=1S/C18H28N2O/c1-4-9-18(10-12-19-13-11-18)17(21)20-15(3)16-7-5-14(2)6-8-16/h5-8,15,19H,4,9-13H2,1-3H3,(H,20,21). The van der Waals surface area contributed by atoms with Crippen LogP contribution in [0.15, 0.2) is 24.3 Å². The Morgan fingerprint density at radius 2 is 1.90 bits per heavy atom. The molecule has 1 aromatic carbocycles. The van der Waals surface area contributed by atoms with Crippen LogP contribution in [0.5, 0.6) is 0 Å². The number of carbonyl (C=O) groups is 1. The minimum Gasteiger partial charge on any atom is -0.349 e. The fourth-order valence-electron chi connectivity index (χ4n) is 3.26. The fourth-order valence-corrected chi connectivity index (χ4v) is 3.26. The lowest BCUT2D eigenvalue weighted by Gasteiger charge is -2.37. The highest BCUT2D eigenvalue weighted by Gasteiger charge is 2.38. The molecular formula is C18H28N2O. The smallest absolute Gasteiger partial charge is 0.226 e. The second kappa shape index (κ2) is 7.08. The van der Waals surface area contributed by atoms with E-state index < -0.39 is 0 Å². The van der Waals surface area contributed by atoms with Gasteiger partial charge in [0.2, 0.25) is 5.91 Å². The van der Waals surface area contributed by atoms with Gasteiger partial charge in [-0.15, -0.1) is 0 Å². The summed E-state index contributed by atoms with van der Waals surface area (Å²) in [5, 5.41) is 6.61. The van der Waals surface area contributed by atoms with E-state index in [9.17, 15) is 4.79 Å². The molecule has 1 aromatic rings. The molecule has 0 aromatic heterocycles. The molecule has 1 aliphatic heterocycles. The Morgan fingerprint density at radius 3 is 2.48 bits per heavy atom. The number of benzene rings is 1. The van der Waals surface area contributed by atoms with E-state index in [4.69, 9.17) is 0 Å². The monoisotopic (exact) mass is 288 g/mol. The van der Waals surface area contributed by atoms with Gasteiger partial charge in [-0.25, -0.2) is 0 Å². The maximum absolute atomic E-state index is 12.8. The van der Waals surface area contributed by atoms with Crippen LogP contribution in [0.25, 0.3) is 0 Å². The summed E-state index contributed by atoms with van der Waals surface area (Å²) in [6, 6.07) is 8.49. The molecule has 1 fully saturated rings. The first kappa shape index (κ1) is 16.0. The summed E-state index contributed by atoms with van der Waals surface area (Å²) in [6.07, 6.45) is 3.95. The molecule has 1 amide bonds. The van der Waals surface area contributed by atoms with Crippen molar-refractivity contribution < 1.29 is 4.79 Å². The fraction of sp³-hybridized carbons (Fsp3) is 0.611. The molecule has 0 spiro atoms. The number of aryl methyl sites for hydroxylation is 1. The van der Waals surface area contributed by atoms with Gasteiger partial charge >= 0.3 is 0 Å². The second-order valence-corrected chi connectivity index (χ2v) is 6.39. The zero-order valence-corrected chi connectivity index (χ0v) is 13.5. The van der Waals surface area contributed by atoms with Crippen molar-refractivity contribution in [2.24, 2.45) is 5.41 Å². The third-order valence-corrected chi connectivity index (χ3v) is 4.70. The van der Waals surface area contributed by atoms with Crippen molar-refractivity contribution in [3.63, 3.8) is 0 Å². The highest BCUT2D eigenvalue weighted by Crippen LogP contribution is 2.35.